The molecular formula is C23H21N3O5. The Morgan fingerprint density at radius 2 is 2.03 bits per heavy atom. The Balaban J connectivity index is 1.62. The molecule has 0 saturated heterocycles. The molecule has 3 rings (SSSR count). The highest BCUT2D eigenvalue weighted by molar-refractivity contribution is 5.83. The fraction of sp³-hybridized carbons (Fsp3) is 0.174. The molecule has 0 spiro atoms. The van der Waals surface area contributed by atoms with Crippen molar-refractivity contribution in [2.45, 2.75) is 6.92 Å². The van der Waals surface area contributed by atoms with E-state index in [0.717, 1.165) is 11.1 Å². The van der Waals surface area contributed by atoms with Gasteiger partial charge in [-0.1, -0.05) is 30.4 Å². The summed E-state index contributed by atoms with van der Waals surface area (Å²) in [5.41, 5.74) is 2.20. The van der Waals surface area contributed by atoms with E-state index in [2.05, 4.69) is 9.97 Å². The lowest BCUT2D eigenvalue weighted by Gasteiger charge is -2.11. The van der Waals surface area contributed by atoms with Gasteiger partial charge in [-0.3, -0.25) is 0 Å². The molecule has 0 aliphatic rings. The Hall–Kier alpha value is -4.25. The van der Waals surface area contributed by atoms with Crippen LogP contribution in [0.1, 0.15) is 18.3 Å². The number of carbonyl (C=O) groups excluding carboxylic acids is 1. The number of ether oxygens (including phenoxy) is 3. The maximum Gasteiger partial charge on any atom is 0.344 e. The zero-order chi connectivity index (χ0) is 22.2. The molecule has 1 aromatic heterocycles. The van der Waals surface area contributed by atoms with Crippen molar-refractivity contribution in [3.8, 4) is 17.6 Å². The third-order valence-electron chi connectivity index (χ3n) is 4.29. The van der Waals surface area contributed by atoms with Crippen LogP contribution < -0.4 is 9.47 Å². The maximum absolute atomic E-state index is 12.0. The van der Waals surface area contributed by atoms with Crippen molar-refractivity contribution in [3.05, 3.63) is 65.7 Å². The van der Waals surface area contributed by atoms with Crippen LogP contribution in [0, 0.1) is 11.3 Å². The normalized spacial score (nSPS) is 11.8. The van der Waals surface area contributed by atoms with Crippen LogP contribution in [0.2, 0.25) is 0 Å². The number of esters is 1. The van der Waals surface area contributed by atoms with E-state index in [1.807, 2.05) is 43.3 Å². The Kier molecular flexibility index (Phi) is 6.91. The van der Waals surface area contributed by atoms with Crippen LogP contribution in [0.15, 0.2) is 54.3 Å². The summed E-state index contributed by atoms with van der Waals surface area (Å²) in [5, 5.41) is 19.6. The molecule has 31 heavy (non-hydrogen) atoms. The van der Waals surface area contributed by atoms with Gasteiger partial charge in [0.2, 0.25) is 0 Å². The number of aromatic nitrogens is 2. The van der Waals surface area contributed by atoms with Gasteiger partial charge in [-0.2, -0.15) is 5.26 Å². The van der Waals surface area contributed by atoms with Crippen molar-refractivity contribution in [3.63, 3.8) is 0 Å². The summed E-state index contributed by atoms with van der Waals surface area (Å²) >= 11 is 0. The Morgan fingerprint density at radius 3 is 2.74 bits per heavy atom. The van der Waals surface area contributed by atoms with E-state index in [9.17, 15) is 15.2 Å². The lowest BCUT2D eigenvalue weighted by molar-refractivity contribution is -0.145. The van der Waals surface area contributed by atoms with Gasteiger partial charge in [0.15, 0.2) is 29.7 Å². The van der Waals surface area contributed by atoms with E-state index >= 15 is 0 Å². The summed E-state index contributed by atoms with van der Waals surface area (Å²) in [6.07, 6.45) is 3.80. The van der Waals surface area contributed by atoms with Gasteiger partial charge in [0, 0.05) is 0 Å². The van der Waals surface area contributed by atoms with E-state index < -0.39 is 18.3 Å². The van der Waals surface area contributed by atoms with Gasteiger partial charge in [0.1, 0.15) is 18.2 Å². The zero-order valence-electron chi connectivity index (χ0n) is 17.1. The predicted molar refractivity (Wildman–Crippen MR) is 115 cm³/mol. The van der Waals surface area contributed by atoms with Crippen LogP contribution in [-0.4, -0.2) is 41.4 Å². The monoisotopic (exact) mass is 419 g/mol. The van der Waals surface area contributed by atoms with Crippen LogP contribution in [-0.2, 0) is 9.53 Å². The van der Waals surface area contributed by atoms with Gasteiger partial charge in [0.25, 0.3) is 0 Å². The number of hydrogen-bond acceptors (Lipinski definition) is 7. The number of nitrogens with one attached hydrogen (secondary N) is 1. The number of allylic oxidation sites excluding steroid dienone is 2. The molecule has 8 heteroatoms. The minimum atomic E-state index is -0.715. The number of imidazole rings is 1. The van der Waals surface area contributed by atoms with Crippen molar-refractivity contribution in [1.29, 1.82) is 5.26 Å². The first-order valence-corrected chi connectivity index (χ1v) is 9.42. The lowest BCUT2D eigenvalue weighted by atomic mass is 10.2. The largest absolute Gasteiger partial charge is 0.507 e. The smallest absolute Gasteiger partial charge is 0.344 e. The summed E-state index contributed by atoms with van der Waals surface area (Å²) in [5.74, 6) is -0.0778. The van der Waals surface area contributed by atoms with E-state index in [1.165, 1.54) is 7.11 Å². The maximum atomic E-state index is 12.0. The minimum absolute atomic E-state index is 0.105. The Labute approximate surface area is 179 Å². The van der Waals surface area contributed by atoms with Crippen molar-refractivity contribution in [2.24, 2.45) is 0 Å². The fourth-order valence-electron chi connectivity index (χ4n) is 2.82. The molecule has 0 fully saturated rings. The Bertz CT molecular complexity index is 1150. The fourth-order valence-corrected chi connectivity index (χ4v) is 2.82. The van der Waals surface area contributed by atoms with E-state index in [-0.39, 0.29) is 18.0 Å². The van der Waals surface area contributed by atoms with Gasteiger partial charge in [-0.15, -0.1) is 0 Å². The number of aromatic amines is 1. The molecule has 1 heterocycles. The van der Waals surface area contributed by atoms with Crippen LogP contribution >= 0.6 is 0 Å². The number of fused-ring (bicyclic) bond motifs is 1. The molecule has 2 N–H and O–H groups in total. The summed E-state index contributed by atoms with van der Waals surface area (Å²) in [6.45, 7) is 1.03. The van der Waals surface area contributed by atoms with Gasteiger partial charge >= 0.3 is 5.97 Å². The summed E-state index contributed by atoms with van der Waals surface area (Å²) in [7, 11) is 1.50. The number of H-pyrrole nitrogens is 1. The van der Waals surface area contributed by atoms with E-state index in [0.29, 0.717) is 17.0 Å². The van der Waals surface area contributed by atoms with Crippen LogP contribution in [0.25, 0.3) is 22.7 Å². The first-order valence-electron chi connectivity index (χ1n) is 9.42. The first-order chi connectivity index (χ1) is 15.0. The number of nitriles is 1. The molecular weight excluding hydrogens is 398 g/mol. The molecule has 2 aromatic carbocycles. The molecule has 158 valence electrons. The summed E-state index contributed by atoms with van der Waals surface area (Å²) < 4.78 is 15.8. The van der Waals surface area contributed by atoms with Crippen molar-refractivity contribution in [2.75, 3.05) is 20.3 Å². The molecule has 0 saturated carbocycles. The molecule has 0 bridgehead atoms. The second kappa shape index (κ2) is 9.98. The van der Waals surface area contributed by atoms with Crippen molar-refractivity contribution >= 4 is 28.7 Å². The van der Waals surface area contributed by atoms with Crippen molar-refractivity contribution < 1.29 is 24.1 Å². The van der Waals surface area contributed by atoms with Gasteiger partial charge in [0.05, 0.1) is 18.1 Å². The number of aliphatic hydroxyl groups is 1. The molecule has 0 aliphatic carbocycles. The topological polar surface area (TPSA) is 117 Å². The molecule has 0 radical (unpaired) electrons. The first kappa shape index (κ1) is 21.5. The van der Waals surface area contributed by atoms with Gasteiger partial charge < -0.3 is 24.3 Å². The average molecular weight is 419 g/mol. The number of methoxy groups -OCH3 is 1. The van der Waals surface area contributed by atoms with E-state index in [1.54, 1.807) is 24.3 Å². The molecule has 3 aromatic rings. The quantitative estimate of drug-likeness (QED) is 0.322. The summed E-state index contributed by atoms with van der Waals surface area (Å²) in [4.78, 5) is 19.3. The number of rotatable bonds is 8. The predicted octanol–water partition coefficient (Wildman–Crippen LogP) is 4.02. The zero-order valence-corrected chi connectivity index (χ0v) is 17.1. The highest BCUT2D eigenvalue weighted by Crippen LogP contribution is 2.28. The van der Waals surface area contributed by atoms with E-state index in [4.69, 9.17) is 14.2 Å². The number of nitrogens with zero attached hydrogens (tertiary/aromatic N) is 2. The number of benzene rings is 2. The third-order valence-corrected chi connectivity index (χ3v) is 4.29. The number of aliphatic hydroxyl groups excluding tert-OH is 1. The average Bonchev–Trinajstić information content (AvgIpc) is 3.21. The standard InChI is InChI=1S/C23H21N3O5/c1-3-6-15-9-10-20(21(11-15)29-2)30-14-22(28)31-13-19(27)16(12-24)23-25-17-7-4-5-8-18(17)26-23/h3-11,27H,13-14H2,1-2H3,(H,25,26). The Morgan fingerprint density at radius 1 is 1.23 bits per heavy atom. The number of carbonyl (C=O) groups is 1. The second-order valence-electron chi connectivity index (χ2n) is 6.40. The number of hydrogen-bond donors (Lipinski definition) is 2. The molecule has 0 aliphatic heterocycles. The second-order valence-corrected chi connectivity index (χ2v) is 6.40. The third kappa shape index (κ3) is 5.22. The highest BCUT2D eigenvalue weighted by atomic mass is 16.6. The number of para-hydroxylation sites is 2. The summed E-state index contributed by atoms with van der Waals surface area (Å²) in [6, 6.07) is 14.4. The minimum Gasteiger partial charge on any atom is -0.507 e. The van der Waals surface area contributed by atoms with Gasteiger partial charge in [-0.25, -0.2) is 9.78 Å². The van der Waals surface area contributed by atoms with Crippen LogP contribution in [0.5, 0.6) is 11.5 Å². The van der Waals surface area contributed by atoms with Crippen LogP contribution in [0.4, 0.5) is 0 Å². The lowest BCUT2D eigenvalue weighted by Crippen LogP contribution is -2.17. The molecule has 0 unspecified atom stereocenters. The molecule has 0 amide bonds. The van der Waals surface area contributed by atoms with Crippen LogP contribution in [0.3, 0.4) is 0 Å². The van der Waals surface area contributed by atoms with Crippen molar-refractivity contribution in [1.82, 2.24) is 9.97 Å². The highest BCUT2D eigenvalue weighted by Gasteiger charge is 2.15. The van der Waals surface area contributed by atoms with Gasteiger partial charge in [-0.05, 0) is 36.8 Å². The molecule has 8 nitrogen and oxygen atoms in total. The SMILES string of the molecule is CC=Cc1ccc(OCC(=O)OCC(O)=C(C#N)c2nc3ccccc3[nH]2)c(OC)c1. The molecule has 0 atom stereocenters.